The van der Waals surface area contributed by atoms with Crippen molar-refractivity contribution in [2.75, 3.05) is 20.2 Å². The van der Waals surface area contributed by atoms with Crippen molar-refractivity contribution in [1.82, 2.24) is 15.2 Å². The van der Waals surface area contributed by atoms with E-state index < -0.39 is 0 Å². The Hall–Kier alpha value is -3.30. The molecular weight excluding hydrogens is 424 g/mol. The summed E-state index contributed by atoms with van der Waals surface area (Å²) < 4.78 is 5.27. The number of benzene rings is 2. The van der Waals surface area contributed by atoms with Crippen molar-refractivity contribution in [3.05, 3.63) is 64.8 Å². The SMILES string of the molecule is COc1ccc2cc(C(=O)NC3CCC(CCN4CCc5ccc(C#N)cc5C4)CC3)[nH]c2c1. The molecule has 0 atom stereocenters. The Labute approximate surface area is 200 Å². The average Bonchev–Trinajstić information content (AvgIpc) is 3.31. The maximum absolute atomic E-state index is 12.8. The van der Waals surface area contributed by atoms with Crippen LogP contribution in [0, 0.1) is 17.2 Å². The highest BCUT2D eigenvalue weighted by molar-refractivity contribution is 5.98. The van der Waals surface area contributed by atoms with Crippen LogP contribution in [0.4, 0.5) is 0 Å². The van der Waals surface area contributed by atoms with Crippen LogP contribution >= 0.6 is 0 Å². The monoisotopic (exact) mass is 456 g/mol. The summed E-state index contributed by atoms with van der Waals surface area (Å²) in [6, 6.07) is 16.3. The number of hydrogen-bond acceptors (Lipinski definition) is 4. The summed E-state index contributed by atoms with van der Waals surface area (Å²) in [6.07, 6.45) is 6.69. The summed E-state index contributed by atoms with van der Waals surface area (Å²) >= 11 is 0. The van der Waals surface area contributed by atoms with E-state index in [1.54, 1.807) is 7.11 Å². The summed E-state index contributed by atoms with van der Waals surface area (Å²) in [4.78, 5) is 18.6. The summed E-state index contributed by atoms with van der Waals surface area (Å²) in [6.45, 7) is 3.16. The predicted molar refractivity (Wildman–Crippen MR) is 133 cm³/mol. The molecule has 1 aromatic heterocycles. The van der Waals surface area contributed by atoms with Gasteiger partial charge in [0.15, 0.2) is 0 Å². The van der Waals surface area contributed by atoms with Crippen LogP contribution in [-0.4, -0.2) is 42.0 Å². The molecule has 2 aromatic carbocycles. The highest BCUT2D eigenvalue weighted by Gasteiger charge is 2.24. The third-order valence-corrected chi connectivity index (χ3v) is 7.54. The number of aromatic amines is 1. The fourth-order valence-corrected chi connectivity index (χ4v) is 5.46. The van der Waals surface area contributed by atoms with E-state index in [0.29, 0.717) is 5.69 Å². The quantitative estimate of drug-likeness (QED) is 0.559. The highest BCUT2D eigenvalue weighted by atomic mass is 16.5. The van der Waals surface area contributed by atoms with E-state index in [4.69, 9.17) is 4.74 Å². The predicted octanol–water partition coefficient (Wildman–Crippen LogP) is 4.79. The van der Waals surface area contributed by atoms with Crippen molar-refractivity contribution in [2.45, 2.75) is 51.1 Å². The number of amides is 1. The molecule has 0 spiro atoms. The van der Waals surface area contributed by atoms with Gasteiger partial charge in [-0.1, -0.05) is 6.07 Å². The number of aromatic nitrogens is 1. The topological polar surface area (TPSA) is 81.2 Å². The Morgan fingerprint density at radius 1 is 1.15 bits per heavy atom. The molecule has 1 fully saturated rings. The van der Waals surface area contributed by atoms with Crippen LogP contribution in [0.5, 0.6) is 5.75 Å². The number of carbonyl (C=O) groups is 1. The molecule has 0 bridgehead atoms. The van der Waals surface area contributed by atoms with Crippen molar-refractivity contribution in [3.8, 4) is 11.8 Å². The lowest BCUT2D eigenvalue weighted by Crippen LogP contribution is -2.38. The molecule has 3 aromatic rings. The van der Waals surface area contributed by atoms with Crippen molar-refractivity contribution in [2.24, 2.45) is 5.92 Å². The van der Waals surface area contributed by atoms with Crippen LogP contribution in [0.1, 0.15) is 59.3 Å². The molecule has 2 N–H and O–H groups in total. The molecule has 6 heteroatoms. The lowest BCUT2D eigenvalue weighted by atomic mass is 9.84. The Kier molecular flexibility index (Phi) is 6.55. The van der Waals surface area contributed by atoms with Gasteiger partial charge in [-0.2, -0.15) is 5.26 Å². The number of H-pyrrole nitrogens is 1. The Morgan fingerprint density at radius 2 is 2.00 bits per heavy atom. The van der Waals surface area contributed by atoms with Crippen LogP contribution in [0.3, 0.4) is 0 Å². The zero-order chi connectivity index (χ0) is 23.5. The molecule has 0 radical (unpaired) electrons. The van der Waals surface area contributed by atoms with Gasteiger partial charge in [-0.15, -0.1) is 0 Å². The van der Waals surface area contributed by atoms with Crippen molar-refractivity contribution in [3.63, 3.8) is 0 Å². The third kappa shape index (κ3) is 4.95. The van der Waals surface area contributed by atoms with Crippen molar-refractivity contribution >= 4 is 16.8 Å². The van der Waals surface area contributed by atoms with Gasteiger partial charge in [0.2, 0.25) is 0 Å². The molecular formula is C28H32N4O2. The van der Waals surface area contributed by atoms with Gasteiger partial charge in [-0.05, 0) is 92.4 Å². The number of rotatable bonds is 6. The minimum Gasteiger partial charge on any atom is -0.497 e. The zero-order valence-electron chi connectivity index (χ0n) is 19.8. The number of carbonyl (C=O) groups excluding carboxylic acids is 1. The van der Waals surface area contributed by atoms with E-state index in [-0.39, 0.29) is 11.9 Å². The molecule has 1 saturated carbocycles. The number of nitriles is 1. The molecule has 6 nitrogen and oxygen atoms in total. The van der Waals surface area contributed by atoms with E-state index >= 15 is 0 Å². The summed E-state index contributed by atoms with van der Waals surface area (Å²) in [5.41, 5.74) is 4.98. The molecule has 1 amide bonds. The van der Waals surface area contributed by atoms with E-state index in [1.165, 1.54) is 17.5 Å². The molecule has 176 valence electrons. The van der Waals surface area contributed by atoms with E-state index in [2.05, 4.69) is 33.4 Å². The second-order valence-corrected chi connectivity index (χ2v) is 9.74. The van der Waals surface area contributed by atoms with E-state index in [0.717, 1.165) is 79.9 Å². The highest BCUT2D eigenvalue weighted by Crippen LogP contribution is 2.29. The number of ether oxygens (including phenoxy) is 1. The number of hydrogen-bond donors (Lipinski definition) is 2. The van der Waals surface area contributed by atoms with Crippen LogP contribution in [0.2, 0.25) is 0 Å². The maximum Gasteiger partial charge on any atom is 0.267 e. The Morgan fingerprint density at radius 3 is 2.79 bits per heavy atom. The molecule has 5 rings (SSSR count). The minimum atomic E-state index is -0.0256. The van der Waals surface area contributed by atoms with Crippen molar-refractivity contribution < 1.29 is 9.53 Å². The number of fused-ring (bicyclic) bond motifs is 2. The number of nitrogens with one attached hydrogen (secondary N) is 2. The van der Waals surface area contributed by atoms with E-state index in [9.17, 15) is 10.1 Å². The molecule has 1 aliphatic heterocycles. The van der Waals surface area contributed by atoms with E-state index in [1.807, 2.05) is 30.3 Å². The average molecular weight is 457 g/mol. The van der Waals surface area contributed by atoms with Crippen LogP contribution < -0.4 is 10.1 Å². The van der Waals surface area contributed by atoms with Gasteiger partial charge in [0.25, 0.3) is 5.91 Å². The molecule has 0 unspecified atom stereocenters. The fraction of sp³-hybridized carbons (Fsp3) is 0.429. The summed E-state index contributed by atoms with van der Waals surface area (Å²) in [5, 5.41) is 13.4. The standard InChI is InChI=1S/C28H32N4O2/c1-34-25-9-6-22-15-27(31-26(22)16-25)28(33)30-24-7-3-19(4-8-24)10-12-32-13-11-21-5-2-20(17-29)14-23(21)18-32/h2,5-6,9,14-16,19,24,31H,3-4,7-8,10-13,18H2,1H3,(H,30,33). The second-order valence-electron chi connectivity index (χ2n) is 9.74. The first-order valence-electron chi connectivity index (χ1n) is 12.3. The maximum atomic E-state index is 12.8. The van der Waals surface area contributed by atoms with Crippen molar-refractivity contribution in [1.29, 1.82) is 5.26 Å². The molecule has 2 aliphatic rings. The van der Waals surface area contributed by atoms with Gasteiger partial charge in [0.1, 0.15) is 11.4 Å². The second kappa shape index (κ2) is 9.90. The van der Waals surface area contributed by atoms with Crippen LogP contribution in [0.25, 0.3) is 10.9 Å². The first-order chi connectivity index (χ1) is 16.6. The summed E-state index contributed by atoms with van der Waals surface area (Å²) in [5.74, 6) is 1.48. The smallest absolute Gasteiger partial charge is 0.267 e. The van der Waals surface area contributed by atoms with Gasteiger partial charge in [0.05, 0.1) is 18.7 Å². The number of nitrogens with zero attached hydrogens (tertiary/aromatic N) is 2. The Balaban J connectivity index is 1.08. The largest absolute Gasteiger partial charge is 0.497 e. The lowest BCUT2D eigenvalue weighted by molar-refractivity contribution is 0.0915. The van der Waals surface area contributed by atoms with Gasteiger partial charge in [-0.3, -0.25) is 9.69 Å². The summed E-state index contributed by atoms with van der Waals surface area (Å²) in [7, 11) is 1.64. The lowest BCUT2D eigenvalue weighted by Gasteiger charge is -2.33. The zero-order valence-corrected chi connectivity index (χ0v) is 19.8. The van der Waals surface area contributed by atoms with Gasteiger partial charge >= 0.3 is 0 Å². The number of methoxy groups -OCH3 is 1. The van der Waals surface area contributed by atoms with Gasteiger partial charge < -0.3 is 15.0 Å². The third-order valence-electron chi connectivity index (χ3n) is 7.54. The fourth-order valence-electron chi connectivity index (χ4n) is 5.46. The molecule has 0 saturated heterocycles. The first kappa shape index (κ1) is 22.5. The minimum absolute atomic E-state index is 0.0256. The van der Waals surface area contributed by atoms with Gasteiger partial charge in [0, 0.05) is 36.1 Å². The van der Waals surface area contributed by atoms with Gasteiger partial charge in [-0.25, -0.2) is 0 Å². The molecule has 34 heavy (non-hydrogen) atoms. The first-order valence-corrected chi connectivity index (χ1v) is 12.3. The normalized spacial score (nSPS) is 20.5. The molecule has 2 heterocycles. The van der Waals surface area contributed by atoms with Crippen LogP contribution in [-0.2, 0) is 13.0 Å². The Bertz CT molecular complexity index is 1220. The van der Waals surface area contributed by atoms with Crippen LogP contribution in [0.15, 0.2) is 42.5 Å². The molecule has 1 aliphatic carbocycles.